The molecule has 1 atom stereocenters. The zero-order valence-electron chi connectivity index (χ0n) is 13.1. The second kappa shape index (κ2) is 6.38. The lowest BCUT2D eigenvalue weighted by atomic mass is 10.0. The van der Waals surface area contributed by atoms with Crippen molar-refractivity contribution in [3.63, 3.8) is 0 Å². The Bertz CT molecular complexity index is 677. The van der Waals surface area contributed by atoms with Crippen LogP contribution in [0.2, 0.25) is 0 Å². The van der Waals surface area contributed by atoms with Crippen molar-refractivity contribution in [2.75, 3.05) is 17.3 Å². The average molecular weight is 301 g/mol. The molecule has 0 unspecified atom stereocenters. The summed E-state index contributed by atoms with van der Waals surface area (Å²) in [6.45, 7) is 3.28. The average Bonchev–Trinajstić information content (AvgIpc) is 2.92. The predicted molar refractivity (Wildman–Crippen MR) is 83.6 cm³/mol. The highest BCUT2D eigenvalue weighted by molar-refractivity contribution is 5.95. The number of carbonyl (C=O) groups is 2. The van der Waals surface area contributed by atoms with Gasteiger partial charge in [0.15, 0.2) is 0 Å². The zero-order valence-corrected chi connectivity index (χ0v) is 13.1. The van der Waals surface area contributed by atoms with Gasteiger partial charge in [-0.1, -0.05) is 0 Å². The van der Waals surface area contributed by atoms with Gasteiger partial charge in [0.25, 0.3) is 0 Å². The topological polar surface area (TPSA) is 80.1 Å². The van der Waals surface area contributed by atoms with E-state index in [1.807, 2.05) is 20.2 Å². The summed E-state index contributed by atoms with van der Waals surface area (Å²) in [7, 11) is 3.45. The van der Waals surface area contributed by atoms with Crippen molar-refractivity contribution in [1.82, 2.24) is 14.8 Å². The number of nitrogens with one attached hydrogen (secondary N) is 1. The van der Waals surface area contributed by atoms with Crippen molar-refractivity contribution in [2.24, 2.45) is 7.05 Å². The molecule has 7 nitrogen and oxygen atoms in total. The fraction of sp³-hybridized carbons (Fsp3) is 0.333. The third kappa shape index (κ3) is 3.49. The smallest absolute Gasteiger partial charge is 0.231 e. The number of aromatic nitrogens is 3. The van der Waals surface area contributed by atoms with Crippen LogP contribution in [-0.4, -0.2) is 33.6 Å². The largest absolute Gasteiger partial charge is 0.324 e. The fourth-order valence-electron chi connectivity index (χ4n) is 1.89. The number of amides is 2. The Balaban J connectivity index is 2.04. The number of rotatable bonds is 4. The third-order valence-corrected chi connectivity index (χ3v) is 3.45. The molecule has 2 rings (SSSR count). The molecule has 2 aromatic rings. The van der Waals surface area contributed by atoms with Crippen molar-refractivity contribution in [1.29, 1.82) is 0 Å². The summed E-state index contributed by atoms with van der Waals surface area (Å²) in [4.78, 5) is 29.1. The van der Waals surface area contributed by atoms with E-state index in [0.717, 1.165) is 5.56 Å². The van der Waals surface area contributed by atoms with E-state index in [1.165, 1.54) is 18.0 Å². The Morgan fingerprint density at radius 3 is 2.55 bits per heavy atom. The van der Waals surface area contributed by atoms with Crippen molar-refractivity contribution >= 4 is 23.3 Å². The normalized spacial score (nSPS) is 11.8. The molecular weight excluding hydrogens is 282 g/mol. The number of aryl methyl sites for hydroxylation is 1. The summed E-state index contributed by atoms with van der Waals surface area (Å²) in [6.07, 6.45) is 5.02. The Hall–Kier alpha value is -2.70. The quantitative estimate of drug-likeness (QED) is 0.929. The Morgan fingerprint density at radius 1 is 1.32 bits per heavy atom. The summed E-state index contributed by atoms with van der Waals surface area (Å²) in [6, 6.07) is 3.40. The highest BCUT2D eigenvalue weighted by Crippen LogP contribution is 2.18. The molecule has 0 saturated carbocycles. The molecule has 1 N–H and O–H groups in total. The van der Waals surface area contributed by atoms with E-state index in [1.54, 1.807) is 30.1 Å². The SMILES string of the molecule is CC(=O)N(C)c1ccc(NC(=O)[C@H](C)c2cnn(C)c2)cn1. The van der Waals surface area contributed by atoms with Gasteiger partial charge in [-0.25, -0.2) is 4.98 Å². The second-order valence-corrected chi connectivity index (χ2v) is 5.14. The van der Waals surface area contributed by atoms with Crippen molar-refractivity contribution in [2.45, 2.75) is 19.8 Å². The van der Waals surface area contributed by atoms with E-state index in [-0.39, 0.29) is 17.7 Å². The summed E-state index contributed by atoms with van der Waals surface area (Å²) in [5.41, 5.74) is 1.43. The van der Waals surface area contributed by atoms with Gasteiger partial charge in [-0.15, -0.1) is 0 Å². The number of anilines is 2. The molecule has 2 aromatic heterocycles. The molecular formula is C15H19N5O2. The molecule has 0 aliphatic rings. The van der Waals surface area contributed by atoms with Crippen molar-refractivity contribution in [3.8, 4) is 0 Å². The number of pyridine rings is 1. The third-order valence-electron chi connectivity index (χ3n) is 3.45. The van der Waals surface area contributed by atoms with Crippen LogP contribution in [0.25, 0.3) is 0 Å². The molecule has 7 heteroatoms. The molecule has 0 fully saturated rings. The van der Waals surface area contributed by atoms with Crippen molar-refractivity contribution < 1.29 is 9.59 Å². The van der Waals surface area contributed by atoms with Gasteiger partial charge >= 0.3 is 0 Å². The molecule has 116 valence electrons. The van der Waals surface area contributed by atoms with Gasteiger partial charge in [-0.05, 0) is 19.1 Å². The monoisotopic (exact) mass is 301 g/mol. The Labute approximate surface area is 129 Å². The first-order valence-corrected chi connectivity index (χ1v) is 6.88. The van der Waals surface area contributed by atoms with Gasteiger partial charge in [0, 0.05) is 32.8 Å². The molecule has 22 heavy (non-hydrogen) atoms. The standard InChI is InChI=1S/C15H19N5O2/c1-10(12-7-17-19(3)9-12)15(22)18-13-5-6-14(16-8-13)20(4)11(2)21/h5-10H,1-4H3,(H,18,22)/t10-/m1/s1. The minimum Gasteiger partial charge on any atom is -0.324 e. The zero-order chi connectivity index (χ0) is 16.3. The lowest BCUT2D eigenvalue weighted by Crippen LogP contribution is -2.24. The number of hydrogen-bond donors (Lipinski definition) is 1. The molecule has 2 heterocycles. The molecule has 0 radical (unpaired) electrons. The molecule has 0 saturated heterocycles. The summed E-state index contributed by atoms with van der Waals surface area (Å²) < 4.78 is 1.66. The maximum atomic E-state index is 12.2. The van der Waals surface area contributed by atoms with Gasteiger partial charge in [0.1, 0.15) is 5.82 Å². The molecule has 2 amide bonds. The van der Waals surface area contributed by atoms with Crippen LogP contribution in [0.15, 0.2) is 30.7 Å². The van der Waals surface area contributed by atoms with Crippen LogP contribution < -0.4 is 10.2 Å². The highest BCUT2D eigenvalue weighted by atomic mass is 16.2. The minimum atomic E-state index is -0.312. The van der Waals surface area contributed by atoms with Crippen LogP contribution in [-0.2, 0) is 16.6 Å². The van der Waals surface area contributed by atoms with E-state index in [0.29, 0.717) is 11.5 Å². The van der Waals surface area contributed by atoms with Gasteiger partial charge in [-0.2, -0.15) is 5.10 Å². The maximum Gasteiger partial charge on any atom is 0.231 e. The van der Waals surface area contributed by atoms with E-state index in [4.69, 9.17) is 0 Å². The van der Waals surface area contributed by atoms with E-state index < -0.39 is 0 Å². The Morgan fingerprint density at radius 2 is 2.05 bits per heavy atom. The first-order valence-electron chi connectivity index (χ1n) is 6.88. The second-order valence-electron chi connectivity index (χ2n) is 5.14. The minimum absolute atomic E-state index is 0.102. The van der Waals surface area contributed by atoms with Gasteiger partial charge in [-0.3, -0.25) is 14.3 Å². The van der Waals surface area contributed by atoms with Crippen LogP contribution in [0.3, 0.4) is 0 Å². The maximum absolute atomic E-state index is 12.2. The predicted octanol–water partition coefficient (Wildman–Crippen LogP) is 1.54. The van der Waals surface area contributed by atoms with Crippen LogP contribution in [0.1, 0.15) is 25.3 Å². The van der Waals surface area contributed by atoms with Crippen LogP contribution >= 0.6 is 0 Å². The molecule has 0 aliphatic carbocycles. The summed E-state index contributed by atoms with van der Waals surface area (Å²) in [5, 5.41) is 6.86. The van der Waals surface area contributed by atoms with E-state index in [2.05, 4.69) is 15.4 Å². The summed E-state index contributed by atoms with van der Waals surface area (Å²) in [5.74, 6) is -0.0176. The highest BCUT2D eigenvalue weighted by Gasteiger charge is 2.17. The molecule has 0 aromatic carbocycles. The number of nitrogens with zero attached hydrogens (tertiary/aromatic N) is 4. The van der Waals surface area contributed by atoms with Gasteiger partial charge < -0.3 is 10.2 Å². The van der Waals surface area contributed by atoms with E-state index >= 15 is 0 Å². The van der Waals surface area contributed by atoms with Crippen LogP contribution in [0.5, 0.6) is 0 Å². The van der Waals surface area contributed by atoms with E-state index in [9.17, 15) is 9.59 Å². The lowest BCUT2D eigenvalue weighted by Gasteiger charge is -2.14. The number of hydrogen-bond acceptors (Lipinski definition) is 4. The van der Waals surface area contributed by atoms with Gasteiger partial charge in [0.2, 0.25) is 11.8 Å². The van der Waals surface area contributed by atoms with Crippen LogP contribution in [0.4, 0.5) is 11.5 Å². The molecule has 0 spiro atoms. The lowest BCUT2D eigenvalue weighted by molar-refractivity contribution is -0.117. The van der Waals surface area contributed by atoms with Gasteiger partial charge in [0.05, 0.1) is 24.0 Å². The summed E-state index contributed by atoms with van der Waals surface area (Å²) >= 11 is 0. The first-order chi connectivity index (χ1) is 10.4. The first kappa shape index (κ1) is 15.7. The van der Waals surface area contributed by atoms with Crippen LogP contribution in [0, 0.1) is 0 Å². The number of carbonyl (C=O) groups excluding carboxylic acids is 2. The molecule has 0 aliphatic heterocycles. The Kier molecular flexibility index (Phi) is 4.55. The van der Waals surface area contributed by atoms with Crippen molar-refractivity contribution in [3.05, 3.63) is 36.3 Å². The fourth-order valence-corrected chi connectivity index (χ4v) is 1.89. The molecule has 0 bridgehead atoms.